The first kappa shape index (κ1) is 14.2. The summed E-state index contributed by atoms with van der Waals surface area (Å²) in [6.45, 7) is 8.92. The average molecular weight is 268 g/mol. The van der Waals surface area contributed by atoms with Crippen LogP contribution < -0.4 is 5.32 Å². The zero-order valence-corrected chi connectivity index (χ0v) is 12.2. The lowest BCUT2D eigenvalue weighted by molar-refractivity contribution is -0.131. The number of rotatable bonds is 2. The van der Waals surface area contributed by atoms with Crippen molar-refractivity contribution in [2.24, 2.45) is 11.8 Å². The molecule has 0 spiro atoms. The molecule has 2 amide bonds. The fraction of sp³-hybridized carbons (Fsp3) is 0.857. The number of likely N-dealkylation sites (tertiary alicyclic amines) is 1. The summed E-state index contributed by atoms with van der Waals surface area (Å²) in [7, 11) is 0. The van der Waals surface area contributed by atoms with Gasteiger partial charge in [0.1, 0.15) is 5.60 Å². The van der Waals surface area contributed by atoms with Crippen molar-refractivity contribution in [2.45, 2.75) is 52.2 Å². The summed E-state index contributed by atoms with van der Waals surface area (Å²) >= 11 is 0. The molecule has 5 nitrogen and oxygen atoms in total. The van der Waals surface area contributed by atoms with Gasteiger partial charge in [-0.15, -0.1) is 0 Å². The molecule has 2 rings (SSSR count). The monoisotopic (exact) mass is 268 g/mol. The molecule has 0 aromatic heterocycles. The van der Waals surface area contributed by atoms with Gasteiger partial charge in [0, 0.05) is 19.0 Å². The molecule has 19 heavy (non-hydrogen) atoms. The summed E-state index contributed by atoms with van der Waals surface area (Å²) in [4.78, 5) is 25.6. The second-order valence-electron chi connectivity index (χ2n) is 6.75. The van der Waals surface area contributed by atoms with Crippen molar-refractivity contribution >= 4 is 12.0 Å². The van der Waals surface area contributed by atoms with E-state index in [1.54, 1.807) is 0 Å². The number of carbonyl (C=O) groups is 2. The third-order valence-corrected chi connectivity index (χ3v) is 3.55. The lowest BCUT2D eigenvalue weighted by atomic mass is 10.1. The maximum Gasteiger partial charge on any atom is 0.407 e. The van der Waals surface area contributed by atoms with E-state index >= 15 is 0 Å². The smallest absolute Gasteiger partial charge is 0.407 e. The summed E-state index contributed by atoms with van der Waals surface area (Å²) in [5.41, 5.74) is -0.491. The minimum Gasteiger partial charge on any atom is -0.444 e. The standard InChI is InChI=1S/C14H24N2O3/c1-9-7-16(12(17)10-5-6-10)8-11(9)15-13(18)19-14(2,3)4/h9-11H,5-8H2,1-4H3,(H,15,18)/t9-,11+/m1/s1. The molecule has 1 saturated heterocycles. The fourth-order valence-electron chi connectivity index (χ4n) is 2.38. The van der Waals surface area contributed by atoms with Crippen molar-refractivity contribution in [3.63, 3.8) is 0 Å². The quantitative estimate of drug-likeness (QED) is 0.830. The number of alkyl carbamates (subject to hydrolysis) is 1. The van der Waals surface area contributed by atoms with Crippen molar-refractivity contribution in [3.8, 4) is 0 Å². The van der Waals surface area contributed by atoms with Crippen LogP contribution in [-0.2, 0) is 9.53 Å². The van der Waals surface area contributed by atoms with Crippen LogP contribution in [0.1, 0.15) is 40.5 Å². The number of nitrogens with zero attached hydrogens (tertiary/aromatic N) is 1. The van der Waals surface area contributed by atoms with Gasteiger partial charge in [-0.3, -0.25) is 4.79 Å². The van der Waals surface area contributed by atoms with Crippen molar-refractivity contribution in [1.82, 2.24) is 10.2 Å². The summed E-state index contributed by atoms with van der Waals surface area (Å²) < 4.78 is 5.25. The number of carbonyl (C=O) groups excluding carboxylic acids is 2. The van der Waals surface area contributed by atoms with E-state index in [9.17, 15) is 9.59 Å². The van der Waals surface area contributed by atoms with Crippen molar-refractivity contribution in [3.05, 3.63) is 0 Å². The van der Waals surface area contributed by atoms with Gasteiger partial charge in [0.2, 0.25) is 5.91 Å². The highest BCUT2D eigenvalue weighted by atomic mass is 16.6. The lowest BCUT2D eigenvalue weighted by Gasteiger charge is -2.23. The number of nitrogens with one attached hydrogen (secondary N) is 1. The van der Waals surface area contributed by atoms with Gasteiger partial charge in [-0.1, -0.05) is 6.92 Å². The van der Waals surface area contributed by atoms with Gasteiger partial charge in [0.05, 0.1) is 6.04 Å². The topological polar surface area (TPSA) is 58.6 Å². The van der Waals surface area contributed by atoms with E-state index in [1.807, 2.05) is 25.7 Å². The molecule has 108 valence electrons. The number of ether oxygens (including phenoxy) is 1. The maximum atomic E-state index is 12.0. The van der Waals surface area contributed by atoms with Crippen molar-refractivity contribution in [1.29, 1.82) is 0 Å². The van der Waals surface area contributed by atoms with E-state index in [0.29, 0.717) is 6.54 Å². The molecule has 1 aliphatic carbocycles. The molecular weight excluding hydrogens is 244 g/mol. The molecule has 1 saturated carbocycles. The minimum absolute atomic E-state index is 0.00227. The highest BCUT2D eigenvalue weighted by molar-refractivity contribution is 5.81. The van der Waals surface area contributed by atoms with Gasteiger partial charge in [-0.05, 0) is 39.5 Å². The molecular formula is C14H24N2O3. The Balaban J connectivity index is 1.84. The molecule has 0 aromatic rings. The van der Waals surface area contributed by atoms with E-state index in [4.69, 9.17) is 4.74 Å². The normalized spacial score (nSPS) is 27.3. The van der Waals surface area contributed by atoms with E-state index in [2.05, 4.69) is 12.2 Å². The highest BCUT2D eigenvalue weighted by Crippen LogP contribution is 2.32. The van der Waals surface area contributed by atoms with Gasteiger partial charge in [-0.25, -0.2) is 4.79 Å². The number of hydrogen-bond acceptors (Lipinski definition) is 3. The largest absolute Gasteiger partial charge is 0.444 e. The first-order valence-corrected chi connectivity index (χ1v) is 7.04. The Morgan fingerprint density at radius 2 is 1.84 bits per heavy atom. The molecule has 1 heterocycles. The molecule has 1 aliphatic heterocycles. The predicted molar refractivity (Wildman–Crippen MR) is 71.6 cm³/mol. The van der Waals surface area contributed by atoms with Crippen LogP contribution in [-0.4, -0.2) is 41.6 Å². The van der Waals surface area contributed by atoms with Crippen LogP contribution in [0.3, 0.4) is 0 Å². The summed E-state index contributed by atoms with van der Waals surface area (Å²) in [6.07, 6.45) is 1.65. The first-order chi connectivity index (χ1) is 8.76. The van der Waals surface area contributed by atoms with Crippen LogP contribution in [0.2, 0.25) is 0 Å². The number of hydrogen-bond donors (Lipinski definition) is 1. The summed E-state index contributed by atoms with van der Waals surface area (Å²) in [5.74, 6) is 0.767. The third-order valence-electron chi connectivity index (χ3n) is 3.55. The molecule has 2 atom stereocenters. The van der Waals surface area contributed by atoms with Crippen LogP contribution in [0, 0.1) is 11.8 Å². The molecule has 5 heteroatoms. The van der Waals surface area contributed by atoms with Gasteiger partial charge in [0.25, 0.3) is 0 Å². The first-order valence-electron chi connectivity index (χ1n) is 7.04. The van der Waals surface area contributed by atoms with E-state index < -0.39 is 11.7 Å². The van der Waals surface area contributed by atoms with Crippen molar-refractivity contribution in [2.75, 3.05) is 13.1 Å². The zero-order chi connectivity index (χ0) is 14.2. The second-order valence-corrected chi connectivity index (χ2v) is 6.75. The predicted octanol–water partition coefficient (Wildman–Crippen LogP) is 1.77. The van der Waals surface area contributed by atoms with Crippen LogP contribution in [0.4, 0.5) is 4.79 Å². The fourth-order valence-corrected chi connectivity index (χ4v) is 2.38. The minimum atomic E-state index is -0.491. The van der Waals surface area contributed by atoms with Crippen molar-refractivity contribution < 1.29 is 14.3 Å². The third kappa shape index (κ3) is 3.85. The molecule has 0 aromatic carbocycles. The van der Waals surface area contributed by atoms with E-state index in [-0.39, 0.29) is 23.8 Å². The van der Waals surface area contributed by atoms with Crippen LogP contribution >= 0.6 is 0 Å². The Labute approximate surface area is 114 Å². The molecule has 1 N–H and O–H groups in total. The highest BCUT2D eigenvalue weighted by Gasteiger charge is 2.40. The van der Waals surface area contributed by atoms with E-state index in [1.165, 1.54) is 0 Å². The maximum absolute atomic E-state index is 12.0. The molecule has 0 unspecified atom stereocenters. The van der Waals surface area contributed by atoms with Crippen LogP contribution in [0.25, 0.3) is 0 Å². The molecule has 0 bridgehead atoms. The Morgan fingerprint density at radius 1 is 1.21 bits per heavy atom. The van der Waals surface area contributed by atoms with E-state index in [0.717, 1.165) is 19.4 Å². The number of amides is 2. The molecule has 2 aliphatic rings. The summed E-state index contributed by atoms with van der Waals surface area (Å²) in [6, 6.07) is -0.00227. The zero-order valence-electron chi connectivity index (χ0n) is 12.2. The molecule has 2 fully saturated rings. The Morgan fingerprint density at radius 3 is 2.37 bits per heavy atom. The van der Waals surface area contributed by atoms with Gasteiger partial charge in [0.15, 0.2) is 0 Å². The second kappa shape index (κ2) is 5.02. The van der Waals surface area contributed by atoms with Crippen LogP contribution in [0.15, 0.2) is 0 Å². The lowest BCUT2D eigenvalue weighted by Crippen LogP contribution is -2.43. The van der Waals surface area contributed by atoms with Gasteiger partial charge < -0.3 is 15.0 Å². The summed E-state index contributed by atoms with van der Waals surface area (Å²) in [5, 5.41) is 2.87. The van der Waals surface area contributed by atoms with Gasteiger partial charge >= 0.3 is 6.09 Å². The Kier molecular flexibility index (Phi) is 3.74. The SMILES string of the molecule is C[C@@H]1CN(C(=O)C2CC2)C[C@@H]1NC(=O)OC(C)(C)C. The van der Waals surface area contributed by atoms with Crippen LogP contribution in [0.5, 0.6) is 0 Å². The molecule has 0 radical (unpaired) electrons. The Bertz CT molecular complexity index is 371. The van der Waals surface area contributed by atoms with Gasteiger partial charge in [-0.2, -0.15) is 0 Å². The average Bonchev–Trinajstić information content (AvgIpc) is 3.02. The Hall–Kier alpha value is -1.26.